The van der Waals surface area contributed by atoms with Crippen LogP contribution in [0.2, 0.25) is 0 Å². The van der Waals surface area contributed by atoms with Gasteiger partial charge in [0, 0.05) is 40.1 Å². The molecule has 2 unspecified atom stereocenters. The first kappa shape index (κ1) is 29.2. The molecular formula is C35H39F2N2OP. The van der Waals surface area contributed by atoms with Gasteiger partial charge in [0.15, 0.2) is 0 Å². The summed E-state index contributed by atoms with van der Waals surface area (Å²) in [7, 11) is 1.61. The van der Waals surface area contributed by atoms with E-state index in [2.05, 4.69) is 85.3 Å². The highest BCUT2D eigenvalue weighted by molar-refractivity contribution is 7.17. The van der Waals surface area contributed by atoms with Crippen LogP contribution in [0.15, 0.2) is 84.1 Å². The first-order chi connectivity index (χ1) is 19.6. The Bertz CT molecular complexity index is 1590. The van der Waals surface area contributed by atoms with Crippen LogP contribution in [-0.4, -0.2) is 15.8 Å². The summed E-state index contributed by atoms with van der Waals surface area (Å²) in [5.41, 5.74) is 6.81. The molecule has 41 heavy (non-hydrogen) atoms. The van der Waals surface area contributed by atoms with Crippen LogP contribution in [0.25, 0.3) is 22.7 Å². The van der Waals surface area contributed by atoms with E-state index < -0.39 is 5.66 Å². The van der Waals surface area contributed by atoms with Gasteiger partial charge in [-0.1, -0.05) is 58.5 Å². The fraction of sp³-hybridized carbons (Fsp3) is 0.314. The zero-order valence-corrected chi connectivity index (χ0v) is 25.2. The van der Waals surface area contributed by atoms with E-state index in [9.17, 15) is 13.9 Å². The van der Waals surface area contributed by atoms with Crippen LogP contribution >= 0.6 is 9.24 Å². The molecule has 2 N–H and O–H groups in total. The standard InChI is InChI=1S/C35H39F2N2OP/c1-4-7-30(40)22-31-24(3)8-5-11-33(31)38-32(25-9-6-10-25)18-17-29-21-26-20-23(2)12-19-34(26)39(29)28-15-13-27(14-16-28)35(36,37)41/h5,8,11-21,30,38,40H,4,6-7,9-10,22,41H2,1-3H3/b18-17+. The van der Waals surface area contributed by atoms with E-state index >= 15 is 0 Å². The lowest BCUT2D eigenvalue weighted by molar-refractivity contribution is 0.104. The number of alkyl halides is 2. The Morgan fingerprint density at radius 1 is 1.07 bits per heavy atom. The van der Waals surface area contributed by atoms with Crippen LogP contribution in [0.4, 0.5) is 14.5 Å². The maximum absolute atomic E-state index is 13.9. The molecule has 1 aromatic heterocycles. The van der Waals surface area contributed by atoms with Gasteiger partial charge in [-0.15, -0.1) is 0 Å². The largest absolute Gasteiger partial charge is 0.393 e. The average molecular weight is 573 g/mol. The number of aliphatic hydroxyl groups is 1. The zero-order chi connectivity index (χ0) is 29.1. The number of nitrogens with one attached hydrogen (secondary N) is 1. The van der Waals surface area contributed by atoms with E-state index in [1.807, 2.05) is 0 Å². The minimum atomic E-state index is -2.96. The van der Waals surface area contributed by atoms with Gasteiger partial charge in [-0.25, -0.2) is 0 Å². The van der Waals surface area contributed by atoms with Crippen molar-refractivity contribution in [2.75, 3.05) is 5.32 Å². The average Bonchev–Trinajstić information content (AvgIpc) is 3.25. The van der Waals surface area contributed by atoms with Gasteiger partial charge >= 0.3 is 0 Å². The van der Waals surface area contributed by atoms with Crippen LogP contribution in [-0.2, 0) is 12.1 Å². The maximum Gasteiger partial charge on any atom is 0.283 e. The molecule has 0 radical (unpaired) electrons. The molecule has 4 aromatic rings. The predicted molar refractivity (Wildman–Crippen MR) is 171 cm³/mol. The van der Waals surface area contributed by atoms with Crippen molar-refractivity contribution in [1.82, 2.24) is 4.57 Å². The van der Waals surface area contributed by atoms with Gasteiger partial charge in [0.1, 0.15) is 0 Å². The highest BCUT2D eigenvalue weighted by Gasteiger charge is 2.24. The molecule has 3 nitrogen and oxygen atoms in total. The van der Waals surface area contributed by atoms with Gasteiger partial charge in [-0.2, -0.15) is 8.78 Å². The Morgan fingerprint density at radius 2 is 1.83 bits per heavy atom. The molecule has 0 spiro atoms. The van der Waals surface area contributed by atoms with Crippen molar-refractivity contribution in [3.05, 3.63) is 112 Å². The number of aliphatic hydroxyl groups excluding tert-OH is 1. The highest BCUT2D eigenvalue weighted by Crippen LogP contribution is 2.36. The van der Waals surface area contributed by atoms with Crippen molar-refractivity contribution in [3.8, 4) is 5.69 Å². The van der Waals surface area contributed by atoms with Gasteiger partial charge in [0.2, 0.25) is 0 Å². The van der Waals surface area contributed by atoms with Crippen molar-refractivity contribution in [3.63, 3.8) is 0 Å². The van der Waals surface area contributed by atoms with E-state index in [0.717, 1.165) is 64.9 Å². The molecule has 6 heteroatoms. The van der Waals surface area contributed by atoms with Crippen LogP contribution in [0, 0.1) is 13.8 Å². The minimum Gasteiger partial charge on any atom is -0.393 e. The number of aryl methyl sites for hydroxylation is 2. The number of fused-ring (bicyclic) bond motifs is 1. The van der Waals surface area contributed by atoms with Crippen molar-refractivity contribution < 1.29 is 13.9 Å². The highest BCUT2D eigenvalue weighted by atomic mass is 31.0. The summed E-state index contributed by atoms with van der Waals surface area (Å²) in [4.78, 5) is 0. The minimum absolute atomic E-state index is 0.0325. The molecule has 214 valence electrons. The smallest absolute Gasteiger partial charge is 0.283 e. The summed E-state index contributed by atoms with van der Waals surface area (Å²) in [6.07, 6.45) is 9.52. The quantitative estimate of drug-likeness (QED) is 0.186. The second kappa shape index (κ2) is 12.3. The van der Waals surface area contributed by atoms with Crippen LogP contribution in [0.5, 0.6) is 0 Å². The number of anilines is 1. The molecular weight excluding hydrogens is 533 g/mol. The zero-order valence-electron chi connectivity index (χ0n) is 24.1. The SMILES string of the molecule is CCCC(O)Cc1c(C)cccc1NC(/C=C/c1cc2cc(C)ccc2n1-c1ccc(C(F)(F)P)cc1)=C1CCC1. The molecule has 2 atom stereocenters. The van der Waals surface area contributed by atoms with E-state index in [1.165, 1.54) is 35.3 Å². The fourth-order valence-electron chi connectivity index (χ4n) is 5.55. The molecule has 1 aliphatic rings. The maximum atomic E-state index is 13.9. The Morgan fingerprint density at radius 3 is 2.49 bits per heavy atom. The van der Waals surface area contributed by atoms with E-state index in [4.69, 9.17) is 0 Å². The predicted octanol–water partition coefficient (Wildman–Crippen LogP) is 9.44. The number of allylic oxidation sites excluding steroid dienone is 2. The lowest BCUT2D eigenvalue weighted by Crippen LogP contribution is -2.14. The monoisotopic (exact) mass is 572 g/mol. The molecule has 1 saturated carbocycles. The Kier molecular flexibility index (Phi) is 8.77. The lowest BCUT2D eigenvalue weighted by Gasteiger charge is -2.24. The molecule has 1 fully saturated rings. The van der Waals surface area contributed by atoms with E-state index in [1.54, 1.807) is 21.4 Å². The summed E-state index contributed by atoms with van der Waals surface area (Å²) in [5, 5.41) is 15.4. The summed E-state index contributed by atoms with van der Waals surface area (Å²) in [5.74, 6) is 0. The summed E-state index contributed by atoms with van der Waals surface area (Å²) in [6.45, 7) is 6.27. The number of hydrogen-bond donors (Lipinski definition) is 2. The fourth-order valence-corrected chi connectivity index (χ4v) is 5.74. The molecule has 5 rings (SSSR count). The summed E-state index contributed by atoms with van der Waals surface area (Å²) < 4.78 is 29.9. The van der Waals surface area contributed by atoms with Gasteiger partial charge in [0.05, 0.1) is 11.6 Å². The number of hydrogen-bond acceptors (Lipinski definition) is 2. The Balaban J connectivity index is 1.53. The number of halogens is 2. The van der Waals surface area contributed by atoms with Gasteiger partial charge < -0.3 is 15.0 Å². The third kappa shape index (κ3) is 6.63. The molecule has 1 heterocycles. The summed E-state index contributed by atoms with van der Waals surface area (Å²) >= 11 is 0. The third-order valence-corrected chi connectivity index (χ3v) is 8.33. The molecule has 0 bridgehead atoms. The van der Waals surface area contributed by atoms with E-state index in [0.29, 0.717) is 6.42 Å². The topological polar surface area (TPSA) is 37.2 Å². The normalized spacial score (nSPS) is 14.5. The molecule has 1 aliphatic carbocycles. The Hall–Kier alpha value is -3.27. The number of nitrogens with zero attached hydrogens (tertiary/aromatic N) is 1. The van der Waals surface area contributed by atoms with Crippen LogP contribution < -0.4 is 5.32 Å². The van der Waals surface area contributed by atoms with Gasteiger partial charge in [-0.3, -0.25) is 0 Å². The third-order valence-electron chi connectivity index (χ3n) is 8.00. The molecule has 0 aliphatic heterocycles. The molecule has 0 amide bonds. The second-order valence-corrected chi connectivity index (χ2v) is 11.9. The van der Waals surface area contributed by atoms with Crippen molar-refractivity contribution >= 4 is 31.9 Å². The molecule has 0 saturated heterocycles. The second-order valence-electron chi connectivity index (χ2n) is 11.2. The van der Waals surface area contributed by atoms with Gasteiger partial charge in [-0.05, 0) is 105 Å². The first-order valence-electron chi connectivity index (χ1n) is 14.5. The first-order valence-corrected chi connectivity index (χ1v) is 15.0. The van der Waals surface area contributed by atoms with Crippen molar-refractivity contribution in [1.29, 1.82) is 0 Å². The Labute approximate surface area is 244 Å². The van der Waals surface area contributed by atoms with E-state index in [-0.39, 0.29) is 11.7 Å². The number of rotatable bonds is 10. The number of aromatic nitrogens is 1. The number of benzene rings is 3. The van der Waals surface area contributed by atoms with Crippen LogP contribution in [0.3, 0.4) is 0 Å². The van der Waals surface area contributed by atoms with Gasteiger partial charge in [0.25, 0.3) is 5.66 Å². The van der Waals surface area contributed by atoms with Crippen molar-refractivity contribution in [2.24, 2.45) is 0 Å². The molecule has 3 aromatic carbocycles. The van der Waals surface area contributed by atoms with Crippen LogP contribution in [0.1, 0.15) is 67.0 Å². The lowest BCUT2D eigenvalue weighted by atomic mass is 9.90. The summed E-state index contributed by atoms with van der Waals surface area (Å²) in [6, 6.07) is 21.2. The van der Waals surface area contributed by atoms with Crippen molar-refractivity contribution in [2.45, 2.75) is 71.1 Å².